The van der Waals surface area contributed by atoms with Crippen molar-refractivity contribution in [1.29, 1.82) is 0 Å². The lowest BCUT2D eigenvalue weighted by molar-refractivity contribution is -0.109. The molecule has 3 aromatic rings. The van der Waals surface area contributed by atoms with E-state index in [0.717, 1.165) is 28.0 Å². The lowest BCUT2D eigenvalue weighted by Gasteiger charge is -2.38. The van der Waals surface area contributed by atoms with Gasteiger partial charge in [-0.25, -0.2) is 23.7 Å². The van der Waals surface area contributed by atoms with Crippen LogP contribution in [0, 0.1) is 5.92 Å². The Bertz CT molecular complexity index is 1080. The third-order valence-corrected chi connectivity index (χ3v) is 6.03. The molecule has 158 valence electrons. The Kier molecular flexibility index (Phi) is 4.57. The third-order valence-electron chi connectivity index (χ3n) is 6.03. The van der Waals surface area contributed by atoms with Crippen LogP contribution in [-0.4, -0.2) is 51.7 Å². The number of fused-ring (bicyclic) bond motifs is 1. The van der Waals surface area contributed by atoms with Gasteiger partial charge in [0.15, 0.2) is 5.82 Å². The average molecular weight is 414 g/mol. The standard InChI is InChI=1S/C21H24F2N6O/c1-12-11-30-7-6-29(12)20-16(8-13-9-21(22,23)10-13)17(24)27-19(28-20)15-3-5-26-18-14(15)2-4-25-18/h2-5,12-13H,6-11H2,1H3,(H,25,26)(H2,24,27,28)/t12-/m1/s1. The number of pyridine rings is 1. The minimum atomic E-state index is -2.57. The fourth-order valence-electron chi connectivity index (χ4n) is 4.46. The summed E-state index contributed by atoms with van der Waals surface area (Å²) in [4.78, 5) is 19.1. The summed E-state index contributed by atoms with van der Waals surface area (Å²) in [5.74, 6) is -1.09. The number of H-pyrrole nitrogens is 1. The molecule has 1 atom stereocenters. The van der Waals surface area contributed by atoms with E-state index >= 15 is 0 Å². The number of halogens is 2. The molecular weight excluding hydrogens is 390 g/mol. The molecule has 3 N–H and O–H groups in total. The van der Waals surface area contributed by atoms with Gasteiger partial charge < -0.3 is 20.4 Å². The quantitative estimate of drug-likeness (QED) is 0.680. The number of nitrogen functional groups attached to an aromatic ring is 1. The molecule has 30 heavy (non-hydrogen) atoms. The third kappa shape index (κ3) is 3.36. The van der Waals surface area contributed by atoms with Gasteiger partial charge in [-0.15, -0.1) is 0 Å². The van der Waals surface area contributed by atoms with Crippen LogP contribution in [0.5, 0.6) is 0 Å². The van der Waals surface area contributed by atoms with Gasteiger partial charge in [0.1, 0.15) is 17.3 Å². The first kappa shape index (κ1) is 19.2. The highest BCUT2D eigenvalue weighted by Crippen LogP contribution is 2.45. The molecule has 1 aliphatic carbocycles. The van der Waals surface area contributed by atoms with Crippen molar-refractivity contribution in [2.45, 2.75) is 38.2 Å². The second kappa shape index (κ2) is 7.16. The van der Waals surface area contributed by atoms with Crippen LogP contribution in [0.2, 0.25) is 0 Å². The molecule has 0 spiro atoms. The van der Waals surface area contributed by atoms with E-state index < -0.39 is 5.92 Å². The van der Waals surface area contributed by atoms with Gasteiger partial charge in [-0.3, -0.25) is 0 Å². The lowest BCUT2D eigenvalue weighted by Crippen LogP contribution is -2.45. The molecule has 0 unspecified atom stereocenters. The number of ether oxygens (including phenoxy) is 1. The van der Waals surface area contributed by atoms with Gasteiger partial charge in [-0.1, -0.05) is 0 Å². The van der Waals surface area contributed by atoms with Crippen LogP contribution in [-0.2, 0) is 11.2 Å². The Morgan fingerprint density at radius 3 is 2.90 bits per heavy atom. The summed E-state index contributed by atoms with van der Waals surface area (Å²) in [5, 5.41) is 0.907. The molecule has 0 aromatic carbocycles. The number of nitrogens with zero attached hydrogens (tertiary/aromatic N) is 4. The van der Waals surface area contributed by atoms with Crippen molar-refractivity contribution in [3.05, 3.63) is 30.1 Å². The largest absolute Gasteiger partial charge is 0.383 e. The summed E-state index contributed by atoms with van der Waals surface area (Å²) in [6, 6.07) is 3.90. The van der Waals surface area contributed by atoms with Crippen molar-refractivity contribution in [2.24, 2.45) is 5.92 Å². The van der Waals surface area contributed by atoms with Crippen LogP contribution in [0.3, 0.4) is 0 Å². The summed E-state index contributed by atoms with van der Waals surface area (Å²) in [5.41, 5.74) is 8.74. The number of rotatable bonds is 4. The maximum atomic E-state index is 13.4. The van der Waals surface area contributed by atoms with E-state index in [2.05, 4.69) is 26.8 Å². The van der Waals surface area contributed by atoms with Crippen molar-refractivity contribution in [1.82, 2.24) is 19.9 Å². The first-order valence-corrected chi connectivity index (χ1v) is 10.2. The monoisotopic (exact) mass is 414 g/mol. The number of alkyl halides is 2. The predicted molar refractivity (Wildman–Crippen MR) is 111 cm³/mol. The van der Waals surface area contributed by atoms with E-state index in [4.69, 9.17) is 15.5 Å². The van der Waals surface area contributed by atoms with Crippen LogP contribution in [0.25, 0.3) is 22.4 Å². The molecule has 0 radical (unpaired) electrons. The molecule has 1 aliphatic heterocycles. The van der Waals surface area contributed by atoms with E-state index in [1.54, 1.807) is 6.20 Å². The van der Waals surface area contributed by atoms with E-state index in [0.29, 0.717) is 37.8 Å². The molecule has 1 saturated carbocycles. The minimum Gasteiger partial charge on any atom is -0.383 e. The van der Waals surface area contributed by atoms with Gasteiger partial charge in [0, 0.05) is 48.3 Å². The first-order chi connectivity index (χ1) is 14.4. The Balaban J connectivity index is 1.59. The minimum absolute atomic E-state index is 0.104. The van der Waals surface area contributed by atoms with Crippen LogP contribution >= 0.6 is 0 Å². The maximum absolute atomic E-state index is 13.4. The van der Waals surface area contributed by atoms with Gasteiger partial charge in [-0.05, 0) is 31.4 Å². The molecule has 9 heteroatoms. The van der Waals surface area contributed by atoms with E-state index in [-0.39, 0.29) is 24.8 Å². The molecule has 2 fully saturated rings. The molecule has 7 nitrogen and oxygen atoms in total. The number of hydrogen-bond acceptors (Lipinski definition) is 6. The number of anilines is 2. The molecular formula is C21H24F2N6O. The lowest BCUT2D eigenvalue weighted by atomic mass is 9.77. The number of hydrogen-bond donors (Lipinski definition) is 2. The van der Waals surface area contributed by atoms with Crippen molar-refractivity contribution < 1.29 is 13.5 Å². The second-order valence-corrected chi connectivity index (χ2v) is 8.28. The summed E-state index contributed by atoms with van der Waals surface area (Å²) in [6.45, 7) is 3.90. The van der Waals surface area contributed by atoms with Crippen molar-refractivity contribution in [3.63, 3.8) is 0 Å². The van der Waals surface area contributed by atoms with E-state index in [1.807, 2.05) is 18.3 Å². The Morgan fingerprint density at radius 1 is 1.30 bits per heavy atom. The zero-order chi connectivity index (χ0) is 20.9. The van der Waals surface area contributed by atoms with Gasteiger partial charge in [0.25, 0.3) is 0 Å². The SMILES string of the molecule is C[C@@H]1COCCN1c1nc(-c2ccnc3[nH]ccc23)nc(N)c1CC1CC(F)(F)C1. The summed E-state index contributed by atoms with van der Waals surface area (Å²) >= 11 is 0. The fourth-order valence-corrected chi connectivity index (χ4v) is 4.46. The van der Waals surface area contributed by atoms with Crippen LogP contribution in [0.15, 0.2) is 24.5 Å². The molecule has 5 rings (SSSR count). The number of nitrogens with one attached hydrogen (secondary N) is 1. The molecule has 2 aliphatic rings. The predicted octanol–water partition coefficient (Wildman–Crippen LogP) is 3.42. The molecule has 1 saturated heterocycles. The summed E-state index contributed by atoms with van der Waals surface area (Å²) < 4.78 is 32.4. The number of morpholine rings is 1. The van der Waals surface area contributed by atoms with Gasteiger partial charge >= 0.3 is 0 Å². The summed E-state index contributed by atoms with van der Waals surface area (Å²) in [6.07, 6.45) is 3.76. The Labute approximate surface area is 172 Å². The van der Waals surface area contributed by atoms with Crippen molar-refractivity contribution >= 4 is 22.7 Å². The highest BCUT2D eigenvalue weighted by molar-refractivity contribution is 5.91. The molecule has 0 amide bonds. The van der Waals surface area contributed by atoms with Crippen LogP contribution in [0.1, 0.15) is 25.3 Å². The maximum Gasteiger partial charge on any atom is 0.248 e. The second-order valence-electron chi connectivity index (χ2n) is 8.28. The van der Waals surface area contributed by atoms with Gasteiger partial charge in [0.2, 0.25) is 5.92 Å². The average Bonchev–Trinajstić information content (AvgIpc) is 3.17. The number of nitrogens with two attached hydrogens (primary N) is 1. The fraction of sp³-hybridized carbons (Fsp3) is 0.476. The Hall–Kier alpha value is -2.81. The normalized spacial score (nSPS) is 21.7. The summed E-state index contributed by atoms with van der Waals surface area (Å²) in [7, 11) is 0. The van der Waals surface area contributed by atoms with Crippen LogP contribution < -0.4 is 10.6 Å². The number of aromatic nitrogens is 4. The van der Waals surface area contributed by atoms with Crippen molar-refractivity contribution in [3.8, 4) is 11.4 Å². The first-order valence-electron chi connectivity index (χ1n) is 10.2. The van der Waals surface area contributed by atoms with E-state index in [9.17, 15) is 8.78 Å². The Morgan fingerprint density at radius 2 is 2.13 bits per heavy atom. The highest BCUT2D eigenvalue weighted by atomic mass is 19.3. The molecule has 3 aromatic heterocycles. The molecule has 4 heterocycles. The topological polar surface area (TPSA) is 93.0 Å². The van der Waals surface area contributed by atoms with Crippen molar-refractivity contribution in [2.75, 3.05) is 30.4 Å². The number of aromatic amines is 1. The van der Waals surface area contributed by atoms with Crippen LogP contribution in [0.4, 0.5) is 20.4 Å². The highest BCUT2D eigenvalue weighted by Gasteiger charge is 2.45. The van der Waals surface area contributed by atoms with Gasteiger partial charge in [-0.2, -0.15) is 0 Å². The smallest absolute Gasteiger partial charge is 0.248 e. The zero-order valence-electron chi connectivity index (χ0n) is 16.7. The van der Waals surface area contributed by atoms with Gasteiger partial charge in [0.05, 0.1) is 19.3 Å². The molecule has 0 bridgehead atoms. The van der Waals surface area contributed by atoms with E-state index in [1.165, 1.54) is 0 Å². The zero-order valence-corrected chi connectivity index (χ0v) is 16.7.